The van der Waals surface area contributed by atoms with Crippen LogP contribution in [0.15, 0.2) is 28.7 Å². The third-order valence-electron chi connectivity index (χ3n) is 4.58. The summed E-state index contributed by atoms with van der Waals surface area (Å²) in [6.07, 6.45) is 6.73. The van der Waals surface area contributed by atoms with Crippen LogP contribution in [0.2, 0.25) is 0 Å². The van der Waals surface area contributed by atoms with Crippen LogP contribution in [0.25, 0.3) is 0 Å². The molecule has 0 aliphatic heterocycles. The van der Waals surface area contributed by atoms with Gasteiger partial charge in [-0.3, -0.25) is 0 Å². The van der Waals surface area contributed by atoms with Crippen molar-refractivity contribution in [2.75, 3.05) is 0 Å². The van der Waals surface area contributed by atoms with Gasteiger partial charge in [0.05, 0.1) is 6.10 Å². The summed E-state index contributed by atoms with van der Waals surface area (Å²) in [5, 5.41) is 13.4. The van der Waals surface area contributed by atoms with Gasteiger partial charge in [-0.1, -0.05) is 28.1 Å². The van der Waals surface area contributed by atoms with E-state index in [-0.39, 0.29) is 6.10 Å². The van der Waals surface area contributed by atoms with Gasteiger partial charge >= 0.3 is 0 Å². The molecule has 2 atom stereocenters. The Bertz CT molecular complexity index is 431. The number of benzene rings is 1. The predicted molar refractivity (Wildman–Crippen MR) is 81.3 cm³/mol. The standard InChI is InChI=1S/C16H22BrNO/c17-13-4-1-3-11(7-13)12-8-15(9-12)18-14-5-2-6-16(19)10-14/h1,3-4,7,12,14-16,18-19H,2,5-6,8-10H2. The molecule has 2 unspecified atom stereocenters. The van der Waals surface area contributed by atoms with E-state index < -0.39 is 0 Å². The number of nitrogens with one attached hydrogen (secondary N) is 1. The maximum atomic E-state index is 9.70. The van der Waals surface area contributed by atoms with Gasteiger partial charge in [0.25, 0.3) is 0 Å². The fourth-order valence-corrected chi connectivity index (χ4v) is 3.85. The number of aliphatic hydroxyl groups excluding tert-OH is 1. The third-order valence-corrected chi connectivity index (χ3v) is 5.07. The molecule has 2 N–H and O–H groups in total. The van der Waals surface area contributed by atoms with E-state index in [9.17, 15) is 5.11 Å². The average Bonchev–Trinajstić information content (AvgIpc) is 2.33. The highest BCUT2D eigenvalue weighted by atomic mass is 79.9. The smallest absolute Gasteiger partial charge is 0.0555 e. The molecular formula is C16H22BrNO. The molecule has 0 radical (unpaired) electrons. The van der Waals surface area contributed by atoms with Gasteiger partial charge in [-0.15, -0.1) is 0 Å². The van der Waals surface area contributed by atoms with E-state index >= 15 is 0 Å². The molecule has 1 aromatic carbocycles. The van der Waals surface area contributed by atoms with Crippen molar-refractivity contribution in [3.05, 3.63) is 34.3 Å². The number of aliphatic hydroxyl groups is 1. The van der Waals surface area contributed by atoms with Crippen LogP contribution in [-0.2, 0) is 0 Å². The Balaban J connectivity index is 1.47. The van der Waals surface area contributed by atoms with Crippen LogP contribution >= 0.6 is 15.9 Å². The van der Waals surface area contributed by atoms with E-state index in [0.717, 1.165) is 12.8 Å². The van der Waals surface area contributed by atoms with Crippen molar-refractivity contribution in [1.29, 1.82) is 0 Å². The summed E-state index contributed by atoms with van der Waals surface area (Å²) >= 11 is 3.54. The van der Waals surface area contributed by atoms with Crippen molar-refractivity contribution in [1.82, 2.24) is 5.32 Å². The van der Waals surface area contributed by atoms with Crippen molar-refractivity contribution in [2.24, 2.45) is 0 Å². The summed E-state index contributed by atoms with van der Waals surface area (Å²) < 4.78 is 1.18. The molecule has 1 aromatic rings. The quantitative estimate of drug-likeness (QED) is 0.891. The Morgan fingerprint density at radius 1 is 1.11 bits per heavy atom. The number of rotatable bonds is 3. The summed E-state index contributed by atoms with van der Waals surface area (Å²) in [4.78, 5) is 0. The van der Waals surface area contributed by atoms with Crippen LogP contribution in [0.5, 0.6) is 0 Å². The lowest BCUT2D eigenvalue weighted by molar-refractivity contribution is 0.102. The SMILES string of the molecule is OC1CCCC(NC2CC(c3cccc(Br)c3)C2)C1. The highest BCUT2D eigenvalue weighted by Gasteiger charge is 2.32. The van der Waals surface area contributed by atoms with E-state index in [1.54, 1.807) is 0 Å². The van der Waals surface area contributed by atoms with Crippen LogP contribution in [0.4, 0.5) is 0 Å². The largest absolute Gasteiger partial charge is 0.393 e. The first kappa shape index (κ1) is 13.6. The Morgan fingerprint density at radius 3 is 2.68 bits per heavy atom. The molecule has 0 saturated heterocycles. The van der Waals surface area contributed by atoms with Crippen LogP contribution in [0.3, 0.4) is 0 Å². The van der Waals surface area contributed by atoms with Crippen LogP contribution in [0, 0.1) is 0 Å². The molecule has 3 heteroatoms. The number of hydrogen-bond acceptors (Lipinski definition) is 2. The van der Waals surface area contributed by atoms with Gasteiger partial charge in [-0.05, 0) is 62.1 Å². The first-order valence-electron chi connectivity index (χ1n) is 7.40. The molecule has 3 rings (SSSR count). The van der Waals surface area contributed by atoms with E-state index in [1.807, 2.05) is 0 Å². The first-order valence-corrected chi connectivity index (χ1v) is 8.19. The first-order chi connectivity index (χ1) is 9.20. The lowest BCUT2D eigenvalue weighted by Gasteiger charge is -2.40. The van der Waals surface area contributed by atoms with Crippen molar-refractivity contribution >= 4 is 15.9 Å². The molecule has 0 amide bonds. The summed E-state index contributed by atoms with van der Waals surface area (Å²) in [6, 6.07) is 9.87. The fourth-order valence-electron chi connectivity index (χ4n) is 3.44. The molecule has 2 saturated carbocycles. The molecule has 0 bridgehead atoms. The van der Waals surface area contributed by atoms with E-state index in [1.165, 1.54) is 35.7 Å². The zero-order valence-corrected chi connectivity index (χ0v) is 12.8. The van der Waals surface area contributed by atoms with Gasteiger partial charge in [0, 0.05) is 16.6 Å². The highest BCUT2D eigenvalue weighted by molar-refractivity contribution is 9.10. The Morgan fingerprint density at radius 2 is 1.95 bits per heavy atom. The topological polar surface area (TPSA) is 32.3 Å². The van der Waals surface area contributed by atoms with Gasteiger partial charge in [-0.2, -0.15) is 0 Å². The second-order valence-corrected chi connectivity index (χ2v) is 7.02. The van der Waals surface area contributed by atoms with Crippen molar-refractivity contribution in [3.8, 4) is 0 Å². The van der Waals surface area contributed by atoms with Crippen molar-refractivity contribution in [3.63, 3.8) is 0 Å². The Labute approximate surface area is 123 Å². The van der Waals surface area contributed by atoms with Gasteiger partial charge in [-0.25, -0.2) is 0 Å². The molecule has 2 nitrogen and oxygen atoms in total. The predicted octanol–water partition coefficient (Wildman–Crippen LogP) is 3.59. The summed E-state index contributed by atoms with van der Waals surface area (Å²) in [6.45, 7) is 0. The maximum Gasteiger partial charge on any atom is 0.0555 e. The van der Waals surface area contributed by atoms with E-state index in [2.05, 4.69) is 45.5 Å². The van der Waals surface area contributed by atoms with Gasteiger partial charge < -0.3 is 10.4 Å². The lowest BCUT2D eigenvalue weighted by atomic mass is 9.75. The summed E-state index contributed by atoms with van der Waals surface area (Å²) in [7, 11) is 0. The molecular weight excluding hydrogens is 302 g/mol. The van der Waals surface area contributed by atoms with E-state index in [4.69, 9.17) is 0 Å². The molecule has 19 heavy (non-hydrogen) atoms. The second-order valence-electron chi connectivity index (χ2n) is 6.10. The minimum atomic E-state index is -0.0767. The third kappa shape index (κ3) is 3.39. The number of hydrogen-bond donors (Lipinski definition) is 2. The highest BCUT2D eigenvalue weighted by Crippen LogP contribution is 2.38. The molecule has 104 valence electrons. The van der Waals surface area contributed by atoms with Gasteiger partial charge in [0.2, 0.25) is 0 Å². The summed E-state index contributed by atoms with van der Waals surface area (Å²) in [5.74, 6) is 0.712. The van der Waals surface area contributed by atoms with Crippen molar-refractivity contribution in [2.45, 2.75) is 62.6 Å². The zero-order chi connectivity index (χ0) is 13.2. The van der Waals surface area contributed by atoms with E-state index in [0.29, 0.717) is 18.0 Å². The van der Waals surface area contributed by atoms with Gasteiger partial charge in [0.15, 0.2) is 0 Å². The maximum absolute atomic E-state index is 9.70. The fraction of sp³-hybridized carbons (Fsp3) is 0.625. The number of halogens is 1. The normalized spacial score (nSPS) is 34.8. The Kier molecular flexibility index (Phi) is 4.25. The lowest BCUT2D eigenvalue weighted by Crippen LogP contribution is -2.47. The molecule has 0 aromatic heterocycles. The monoisotopic (exact) mass is 323 g/mol. The minimum Gasteiger partial charge on any atom is -0.393 e. The van der Waals surface area contributed by atoms with Crippen LogP contribution in [-0.4, -0.2) is 23.3 Å². The molecule has 0 heterocycles. The molecule has 0 spiro atoms. The summed E-state index contributed by atoms with van der Waals surface area (Å²) in [5.41, 5.74) is 1.45. The average molecular weight is 324 g/mol. The molecule has 2 aliphatic rings. The molecule has 2 aliphatic carbocycles. The van der Waals surface area contributed by atoms with Crippen molar-refractivity contribution < 1.29 is 5.11 Å². The van der Waals surface area contributed by atoms with Gasteiger partial charge in [0.1, 0.15) is 0 Å². The minimum absolute atomic E-state index is 0.0767. The second kappa shape index (κ2) is 5.94. The van der Waals surface area contributed by atoms with Crippen LogP contribution in [0.1, 0.15) is 50.0 Å². The molecule has 2 fully saturated rings. The Hall–Kier alpha value is -0.380. The van der Waals surface area contributed by atoms with Crippen LogP contribution < -0.4 is 5.32 Å². The zero-order valence-electron chi connectivity index (χ0n) is 11.2.